The van der Waals surface area contributed by atoms with Crippen molar-refractivity contribution in [1.29, 1.82) is 0 Å². The molecule has 0 aliphatic heterocycles. The topological polar surface area (TPSA) is 43.4 Å². The summed E-state index contributed by atoms with van der Waals surface area (Å²) in [6.45, 7) is 4.04. The van der Waals surface area contributed by atoms with Gasteiger partial charge in [0.2, 0.25) is 0 Å². The van der Waals surface area contributed by atoms with Crippen molar-refractivity contribution >= 4 is 11.8 Å². The van der Waals surface area contributed by atoms with Crippen LogP contribution in [0.25, 0.3) is 11.1 Å². The number of hydrogen-bond acceptors (Lipinski definition) is 3. The number of hydrogen-bond donors (Lipinski definition) is 0. The van der Waals surface area contributed by atoms with Crippen LogP contribution in [-0.4, -0.2) is 18.9 Å². The van der Waals surface area contributed by atoms with Gasteiger partial charge in [-0.25, -0.2) is 4.79 Å². The summed E-state index contributed by atoms with van der Waals surface area (Å²) in [5, 5.41) is 0. The molecule has 142 valence electrons. The van der Waals surface area contributed by atoms with Crippen LogP contribution in [0.4, 0.5) is 0 Å². The Morgan fingerprint density at radius 3 is 2.21 bits per heavy atom. The molecule has 3 aromatic rings. The molecule has 0 aliphatic carbocycles. The molecule has 0 amide bonds. The van der Waals surface area contributed by atoms with Crippen LogP contribution in [0.15, 0.2) is 66.7 Å². The first kappa shape index (κ1) is 19.6. The molecule has 0 fully saturated rings. The summed E-state index contributed by atoms with van der Waals surface area (Å²) < 4.78 is 4.81. The highest BCUT2D eigenvalue weighted by Gasteiger charge is 2.11. The zero-order valence-electron chi connectivity index (χ0n) is 16.5. The van der Waals surface area contributed by atoms with Crippen molar-refractivity contribution in [3.8, 4) is 11.1 Å². The Morgan fingerprint density at radius 2 is 1.54 bits per heavy atom. The number of carbonyl (C=O) groups is 2. The van der Waals surface area contributed by atoms with Crippen LogP contribution >= 0.6 is 0 Å². The van der Waals surface area contributed by atoms with Gasteiger partial charge in [0.05, 0.1) is 12.7 Å². The fourth-order valence-electron chi connectivity index (χ4n) is 3.29. The van der Waals surface area contributed by atoms with E-state index >= 15 is 0 Å². The summed E-state index contributed by atoms with van der Waals surface area (Å²) in [5.74, 6) is -0.148. The molecule has 0 heterocycles. The number of benzene rings is 3. The van der Waals surface area contributed by atoms with Crippen LogP contribution in [0.1, 0.15) is 32.6 Å². The molecule has 0 aliphatic rings. The van der Waals surface area contributed by atoms with Gasteiger partial charge in [-0.2, -0.15) is 0 Å². The second kappa shape index (κ2) is 8.66. The molecule has 0 aromatic heterocycles. The third-order valence-corrected chi connectivity index (χ3v) is 4.97. The van der Waals surface area contributed by atoms with E-state index in [1.54, 1.807) is 6.07 Å². The van der Waals surface area contributed by atoms with Crippen molar-refractivity contribution in [1.82, 2.24) is 0 Å². The first-order valence-electron chi connectivity index (χ1n) is 9.32. The van der Waals surface area contributed by atoms with Gasteiger partial charge in [0.15, 0.2) is 0 Å². The minimum atomic E-state index is -0.348. The van der Waals surface area contributed by atoms with E-state index < -0.39 is 0 Å². The van der Waals surface area contributed by atoms with E-state index in [-0.39, 0.29) is 11.8 Å². The lowest BCUT2D eigenvalue weighted by atomic mass is 9.95. The van der Waals surface area contributed by atoms with Gasteiger partial charge in [-0.15, -0.1) is 0 Å². The minimum absolute atomic E-state index is 0.200. The SMILES string of the molecule is COC(=O)c1ccc(C)c(-c2ccc(CC(=O)Cc3ccccc3C)cc2)c1. The summed E-state index contributed by atoms with van der Waals surface area (Å²) in [6.07, 6.45) is 0.866. The predicted octanol–water partition coefficient (Wildman–Crippen LogP) is 5.11. The van der Waals surface area contributed by atoms with Crippen molar-refractivity contribution in [3.63, 3.8) is 0 Å². The van der Waals surface area contributed by atoms with Gasteiger partial charge in [0.1, 0.15) is 5.78 Å². The maximum absolute atomic E-state index is 12.4. The van der Waals surface area contributed by atoms with Crippen LogP contribution in [0.2, 0.25) is 0 Å². The fraction of sp³-hybridized carbons (Fsp3) is 0.200. The number of rotatable bonds is 6. The molecule has 3 nitrogen and oxygen atoms in total. The highest BCUT2D eigenvalue weighted by molar-refractivity contribution is 5.91. The number of esters is 1. The van der Waals surface area contributed by atoms with E-state index in [1.165, 1.54) is 7.11 Å². The summed E-state index contributed by atoms with van der Waals surface area (Å²) in [5.41, 5.74) is 6.83. The monoisotopic (exact) mass is 372 g/mol. The highest BCUT2D eigenvalue weighted by Crippen LogP contribution is 2.25. The van der Waals surface area contributed by atoms with Crippen LogP contribution in [-0.2, 0) is 22.4 Å². The quantitative estimate of drug-likeness (QED) is 0.565. The molecular weight excluding hydrogens is 348 g/mol. The zero-order chi connectivity index (χ0) is 20.1. The average Bonchev–Trinajstić information content (AvgIpc) is 2.70. The van der Waals surface area contributed by atoms with Crippen molar-refractivity contribution in [2.75, 3.05) is 7.11 Å². The number of carbonyl (C=O) groups excluding carboxylic acids is 2. The number of aryl methyl sites for hydroxylation is 2. The largest absolute Gasteiger partial charge is 0.465 e. The van der Waals surface area contributed by atoms with Gasteiger partial charge < -0.3 is 4.74 Å². The summed E-state index contributed by atoms with van der Waals surface area (Å²) in [4.78, 5) is 24.2. The molecule has 3 aromatic carbocycles. The molecule has 0 bridgehead atoms. The Kier molecular flexibility index (Phi) is 6.05. The molecular formula is C25H24O3. The van der Waals surface area contributed by atoms with E-state index in [0.29, 0.717) is 18.4 Å². The Hall–Kier alpha value is -3.20. The predicted molar refractivity (Wildman–Crippen MR) is 112 cm³/mol. The van der Waals surface area contributed by atoms with E-state index in [9.17, 15) is 9.59 Å². The molecule has 0 radical (unpaired) electrons. The van der Waals surface area contributed by atoms with E-state index in [2.05, 4.69) is 0 Å². The molecule has 0 saturated carbocycles. The molecule has 3 rings (SSSR count). The van der Waals surface area contributed by atoms with E-state index in [4.69, 9.17) is 4.74 Å². The molecule has 0 atom stereocenters. The smallest absolute Gasteiger partial charge is 0.337 e. The summed E-state index contributed by atoms with van der Waals surface area (Å²) in [6, 6.07) is 21.5. The first-order chi connectivity index (χ1) is 13.5. The number of Topliss-reactive ketones (excluding diaryl/α,β-unsaturated/α-hetero) is 1. The van der Waals surface area contributed by atoms with Crippen LogP contribution in [0.5, 0.6) is 0 Å². The van der Waals surface area contributed by atoms with Gasteiger partial charge in [-0.3, -0.25) is 4.79 Å². The Balaban J connectivity index is 1.74. The standard InChI is InChI=1S/C25H24O3/c1-17-6-4-5-7-21(17)15-23(26)14-19-9-12-20(13-10-19)24-16-22(25(27)28-3)11-8-18(24)2/h4-13,16H,14-15H2,1-3H3. The third-order valence-electron chi connectivity index (χ3n) is 4.97. The summed E-state index contributed by atoms with van der Waals surface area (Å²) >= 11 is 0. The maximum Gasteiger partial charge on any atom is 0.337 e. The molecule has 0 unspecified atom stereocenters. The number of ether oxygens (including phenoxy) is 1. The van der Waals surface area contributed by atoms with Gasteiger partial charge in [-0.05, 0) is 59.4 Å². The second-order valence-corrected chi connectivity index (χ2v) is 7.04. The highest BCUT2D eigenvalue weighted by atomic mass is 16.5. The van der Waals surface area contributed by atoms with Crippen molar-refractivity contribution in [3.05, 3.63) is 94.5 Å². The minimum Gasteiger partial charge on any atom is -0.465 e. The number of methoxy groups -OCH3 is 1. The molecule has 3 heteroatoms. The Bertz CT molecular complexity index is 1000. The molecule has 0 spiro atoms. The van der Waals surface area contributed by atoms with Crippen molar-refractivity contribution < 1.29 is 14.3 Å². The number of ketones is 1. The van der Waals surface area contributed by atoms with Crippen LogP contribution < -0.4 is 0 Å². The zero-order valence-corrected chi connectivity index (χ0v) is 16.5. The molecule has 0 N–H and O–H groups in total. The normalized spacial score (nSPS) is 10.5. The lowest BCUT2D eigenvalue weighted by Crippen LogP contribution is -2.07. The van der Waals surface area contributed by atoms with E-state index in [0.717, 1.165) is 33.4 Å². The first-order valence-corrected chi connectivity index (χ1v) is 9.32. The van der Waals surface area contributed by atoms with Crippen LogP contribution in [0, 0.1) is 13.8 Å². The van der Waals surface area contributed by atoms with Crippen molar-refractivity contribution in [2.24, 2.45) is 0 Å². The van der Waals surface area contributed by atoms with E-state index in [1.807, 2.05) is 74.5 Å². The second-order valence-electron chi connectivity index (χ2n) is 7.04. The lowest BCUT2D eigenvalue weighted by Gasteiger charge is -2.10. The lowest BCUT2D eigenvalue weighted by molar-refractivity contribution is -0.117. The third kappa shape index (κ3) is 4.55. The van der Waals surface area contributed by atoms with Crippen LogP contribution in [0.3, 0.4) is 0 Å². The Morgan fingerprint density at radius 1 is 0.821 bits per heavy atom. The van der Waals surface area contributed by atoms with Gasteiger partial charge in [-0.1, -0.05) is 54.6 Å². The molecule has 28 heavy (non-hydrogen) atoms. The molecule has 0 saturated heterocycles. The van der Waals surface area contributed by atoms with Gasteiger partial charge in [0, 0.05) is 12.8 Å². The van der Waals surface area contributed by atoms with Gasteiger partial charge in [0.25, 0.3) is 0 Å². The van der Waals surface area contributed by atoms with Gasteiger partial charge >= 0.3 is 5.97 Å². The summed E-state index contributed by atoms with van der Waals surface area (Å²) in [7, 11) is 1.38. The maximum atomic E-state index is 12.4. The average molecular weight is 372 g/mol. The Labute approximate surface area is 166 Å². The fourth-order valence-corrected chi connectivity index (χ4v) is 3.29. The van der Waals surface area contributed by atoms with Crippen molar-refractivity contribution in [2.45, 2.75) is 26.7 Å².